The first-order chi connectivity index (χ1) is 4.86. The summed E-state index contributed by atoms with van der Waals surface area (Å²) >= 11 is 5.64. The maximum Gasteiger partial charge on any atom is 0.254 e. The fraction of sp³-hybridized carbons (Fsp3) is 0. The maximum atomic E-state index is 5.64. The molecule has 0 spiro atoms. The van der Waals surface area contributed by atoms with Crippen LogP contribution in [0.2, 0.25) is 5.02 Å². The lowest BCUT2D eigenvalue weighted by Gasteiger charge is -1.88. The normalized spacial score (nSPS) is 10.5. The molecule has 0 unspecified atom stereocenters. The summed E-state index contributed by atoms with van der Waals surface area (Å²) in [6, 6.07) is 0. The second-order valence-electron chi connectivity index (χ2n) is 1.81. The van der Waals surface area contributed by atoms with Gasteiger partial charge in [0.25, 0.3) is 5.78 Å². The van der Waals surface area contributed by atoms with Crippen LogP contribution in [0.4, 0.5) is 0 Å². The van der Waals surface area contributed by atoms with E-state index in [1.54, 1.807) is 16.9 Å². The highest BCUT2D eigenvalue weighted by Gasteiger charge is 1.94. The van der Waals surface area contributed by atoms with Crippen molar-refractivity contribution in [2.75, 3.05) is 0 Å². The monoisotopic (exact) mass is 154 g/mol. The van der Waals surface area contributed by atoms with E-state index in [-0.39, 0.29) is 0 Å². The van der Waals surface area contributed by atoms with Crippen molar-refractivity contribution in [3.8, 4) is 0 Å². The molecular weight excluding hydrogens is 152 g/mol. The molecule has 0 radical (unpaired) electrons. The summed E-state index contributed by atoms with van der Waals surface area (Å²) in [5.41, 5.74) is 0. The van der Waals surface area contributed by atoms with E-state index in [9.17, 15) is 0 Å². The van der Waals surface area contributed by atoms with Gasteiger partial charge in [0.2, 0.25) is 0 Å². The highest BCUT2D eigenvalue weighted by Crippen LogP contribution is 2.04. The molecule has 0 saturated carbocycles. The Bertz CT molecular complexity index is 355. The van der Waals surface area contributed by atoms with Gasteiger partial charge in [-0.2, -0.15) is 0 Å². The highest BCUT2D eigenvalue weighted by molar-refractivity contribution is 6.30. The zero-order chi connectivity index (χ0) is 6.97. The van der Waals surface area contributed by atoms with Gasteiger partial charge in [-0.15, -0.1) is 10.2 Å². The van der Waals surface area contributed by atoms with E-state index < -0.39 is 0 Å². The molecule has 4 nitrogen and oxygen atoms in total. The summed E-state index contributed by atoms with van der Waals surface area (Å²) in [6.45, 7) is 0. The predicted octanol–water partition coefficient (Wildman–Crippen LogP) is 0.778. The van der Waals surface area contributed by atoms with Crippen LogP contribution >= 0.6 is 11.6 Å². The van der Waals surface area contributed by atoms with Gasteiger partial charge >= 0.3 is 0 Å². The lowest BCUT2D eigenvalue weighted by Crippen LogP contribution is -1.85. The van der Waals surface area contributed by atoms with Crippen LogP contribution in [0.3, 0.4) is 0 Å². The van der Waals surface area contributed by atoms with Crippen LogP contribution in [-0.2, 0) is 0 Å². The van der Waals surface area contributed by atoms with E-state index in [2.05, 4.69) is 15.2 Å². The van der Waals surface area contributed by atoms with E-state index in [4.69, 9.17) is 11.6 Å². The van der Waals surface area contributed by atoms with E-state index in [0.29, 0.717) is 10.8 Å². The van der Waals surface area contributed by atoms with Crippen LogP contribution in [-0.4, -0.2) is 19.6 Å². The van der Waals surface area contributed by atoms with Gasteiger partial charge in [-0.1, -0.05) is 11.6 Å². The van der Waals surface area contributed by atoms with Crippen molar-refractivity contribution in [2.45, 2.75) is 0 Å². The molecule has 2 rings (SSSR count). The van der Waals surface area contributed by atoms with Gasteiger partial charge in [0.15, 0.2) is 0 Å². The first-order valence-corrected chi connectivity index (χ1v) is 3.05. The van der Waals surface area contributed by atoms with Crippen LogP contribution in [0.1, 0.15) is 0 Å². The molecule has 5 heteroatoms. The Morgan fingerprint density at radius 1 is 1.50 bits per heavy atom. The Morgan fingerprint density at radius 3 is 3.30 bits per heavy atom. The predicted molar refractivity (Wildman–Crippen MR) is 35.8 cm³/mol. The van der Waals surface area contributed by atoms with Crippen molar-refractivity contribution in [1.29, 1.82) is 0 Å². The quantitative estimate of drug-likeness (QED) is 0.563. The van der Waals surface area contributed by atoms with Gasteiger partial charge in [-0.25, -0.2) is 4.98 Å². The second-order valence-corrected chi connectivity index (χ2v) is 2.25. The molecular formula is C5H3ClN4. The Hall–Kier alpha value is -1.16. The number of hydrogen-bond acceptors (Lipinski definition) is 3. The van der Waals surface area contributed by atoms with Gasteiger partial charge in [0.05, 0.1) is 11.2 Å². The molecule has 0 atom stereocenters. The van der Waals surface area contributed by atoms with Crippen LogP contribution in [0.15, 0.2) is 18.7 Å². The van der Waals surface area contributed by atoms with E-state index in [1.165, 1.54) is 6.20 Å². The minimum atomic E-state index is 0.560. The van der Waals surface area contributed by atoms with Gasteiger partial charge in [-0.3, -0.25) is 4.40 Å². The Kier molecular flexibility index (Phi) is 1.07. The van der Waals surface area contributed by atoms with Gasteiger partial charge in [-0.05, 0) is 0 Å². The number of rotatable bonds is 0. The zero-order valence-corrected chi connectivity index (χ0v) is 5.65. The first kappa shape index (κ1) is 5.61. The van der Waals surface area contributed by atoms with Crippen molar-refractivity contribution in [3.63, 3.8) is 0 Å². The molecule has 0 amide bonds. The molecule has 2 heterocycles. The Labute approximate surface area is 61.5 Å². The lowest BCUT2D eigenvalue weighted by molar-refractivity contribution is 1.10. The molecule has 0 aliphatic heterocycles. The van der Waals surface area contributed by atoms with Gasteiger partial charge < -0.3 is 0 Å². The van der Waals surface area contributed by atoms with Crippen molar-refractivity contribution in [1.82, 2.24) is 19.6 Å². The molecule has 10 heavy (non-hydrogen) atoms. The summed E-state index contributed by atoms with van der Waals surface area (Å²) in [6.07, 6.45) is 4.78. The minimum absolute atomic E-state index is 0.560. The third-order valence-electron chi connectivity index (χ3n) is 1.12. The molecule has 0 N–H and O–H groups in total. The maximum absolute atomic E-state index is 5.64. The summed E-state index contributed by atoms with van der Waals surface area (Å²) < 4.78 is 1.66. The van der Waals surface area contributed by atoms with E-state index >= 15 is 0 Å². The third-order valence-corrected chi connectivity index (χ3v) is 1.32. The standard InChI is InChI=1S/C5H3ClN4/c6-4-1-7-5-9-8-3-10(5)2-4/h1-3H. The SMILES string of the molecule is Clc1cnc2nncn2c1. The van der Waals surface area contributed by atoms with Crippen molar-refractivity contribution < 1.29 is 0 Å². The highest BCUT2D eigenvalue weighted by atomic mass is 35.5. The van der Waals surface area contributed by atoms with Crippen LogP contribution in [0, 0.1) is 0 Å². The first-order valence-electron chi connectivity index (χ1n) is 2.67. The number of nitrogens with zero attached hydrogens (tertiary/aromatic N) is 4. The number of hydrogen-bond donors (Lipinski definition) is 0. The third kappa shape index (κ3) is 0.733. The molecule has 0 fully saturated rings. The Balaban J connectivity index is 2.86. The molecule has 2 aromatic rings. The molecule has 0 aromatic carbocycles. The van der Waals surface area contributed by atoms with Crippen LogP contribution < -0.4 is 0 Å². The fourth-order valence-electron chi connectivity index (χ4n) is 0.706. The van der Waals surface area contributed by atoms with Crippen LogP contribution in [0.5, 0.6) is 0 Å². The number of halogens is 1. The van der Waals surface area contributed by atoms with Crippen molar-refractivity contribution in [3.05, 3.63) is 23.7 Å². The van der Waals surface area contributed by atoms with Crippen molar-refractivity contribution >= 4 is 17.4 Å². The van der Waals surface area contributed by atoms with E-state index in [1.807, 2.05) is 0 Å². The topological polar surface area (TPSA) is 43.1 Å². The Morgan fingerprint density at radius 2 is 2.40 bits per heavy atom. The molecule has 0 aliphatic rings. The molecule has 50 valence electrons. The van der Waals surface area contributed by atoms with E-state index in [0.717, 1.165) is 0 Å². The lowest BCUT2D eigenvalue weighted by atomic mass is 10.7. The smallest absolute Gasteiger partial charge is 0.254 e. The number of aromatic nitrogens is 4. The molecule has 0 bridgehead atoms. The summed E-state index contributed by atoms with van der Waals surface area (Å²) in [5.74, 6) is 0.560. The average molecular weight is 155 g/mol. The zero-order valence-electron chi connectivity index (χ0n) is 4.90. The summed E-state index contributed by atoms with van der Waals surface area (Å²) in [5, 5.41) is 7.91. The number of fused-ring (bicyclic) bond motifs is 1. The molecule has 0 aliphatic carbocycles. The summed E-state index contributed by atoms with van der Waals surface area (Å²) in [4.78, 5) is 3.90. The largest absolute Gasteiger partial charge is 0.272 e. The minimum Gasteiger partial charge on any atom is -0.272 e. The average Bonchev–Trinajstić information content (AvgIpc) is 2.33. The molecule has 2 aromatic heterocycles. The van der Waals surface area contributed by atoms with Gasteiger partial charge in [0.1, 0.15) is 6.33 Å². The van der Waals surface area contributed by atoms with Gasteiger partial charge in [0, 0.05) is 6.20 Å². The second kappa shape index (κ2) is 1.91. The summed E-state index contributed by atoms with van der Waals surface area (Å²) in [7, 11) is 0. The molecule has 0 saturated heterocycles. The fourth-order valence-corrected chi connectivity index (χ4v) is 0.859. The van der Waals surface area contributed by atoms with Crippen molar-refractivity contribution in [2.24, 2.45) is 0 Å². The van der Waals surface area contributed by atoms with Crippen LogP contribution in [0.25, 0.3) is 5.78 Å².